The van der Waals surface area contributed by atoms with Gasteiger partial charge in [0.15, 0.2) is 0 Å². The fourth-order valence-corrected chi connectivity index (χ4v) is 4.50. The second-order valence-electron chi connectivity index (χ2n) is 8.69. The Morgan fingerprint density at radius 2 is 1.79 bits per heavy atom. The van der Waals surface area contributed by atoms with Crippen molar-refractivity contribution in [2.75, 3.05) is 26.2 Å². The Labute approximate surface area is 194 Å². The van der Waals surface area contributed by atoms with E-state index in [1.165, 1.54) is 11.1 Å². The number of halogens is 1. The quantitative estimate of drug-likeness (QED) is 0.621. The van der Waals surface area contributed by atoms with Crippen LogP contribution >= 0.6 is 0 Å². The highest BCUT2D eigenvalue weighted by Crippen LogP contribution is 2.34. The van der Waals surface area contributed by atoms with E-state index in [4.69, 9.17) is 4.74 Å². The number of carbonyl (C=O) groups excluding carboxylic acids is 2. The highest BCUT2D eigenvalue weighted by molar-refractivity contribution is 6.03. The van der Waals surface area contributed by atoms with Crippen LogP contribution in [0, 0.1) is 18.7 Å². The van der Waals surface area contributed by atoms with Crippen LogP contribution in [0.25, 0.3) is 0 Å². The molecule has 1 fully saturated rings. The third-order valence-corrected chi connectivity index (χ3v) is 6.38. The summed E-state index contributed by atoms with van der Waals surface area (Å²) >= 11 is 0. The number of esters is 1. The zero-order valence-electron chi connectivity index (χ0n) is 19.2. The Balaban J connectivity index is 1.49. The predicted octanol–water partition coefficient (Wildman–Crippen LogP) is 4.09. The first-order valence-electron chi connectivity index (χ1n) is 11.6. The molecule has 0 N–H and O–H groups in total. The van der Waals surface area contributed by atoms with Crippen molar-refractivity contribution in [3.63, 3.8) is 0 Å². The van der Waals surface area contributed by atoms with Crippen LogP contribution in [-0.4, -0.2) is 53.7 Å². The van der Waals surface area contributed by atoms with Gasteiger partial charge in [-0.05, 0) is 51.4 Å². The molecule has 1 atom stereocenters. The van der Waals surface area contributed by atoms with Crippen molar-refractivity contribution in [3.05, 3.63) is 71.0 Å². The first kappa shape index (κ1) is 23.1. The van der Waals surface area contributed by atoms with Gasteiger partial charge in [-0.2, -0.15) is 5.10 Å². The SMILES string of the molecule is CCOC(=O)C1CCN(CC(=O)N2N=C(c3ccc(C)cc3)CC2c2ccccc2F)CC1. The Morgan fingerprint density at radius 1 is 1.09 bits per heavy atom. The molecule has 0 saturated carbocycles. The lowest BCUT2D eigenvalue weighted by Crippen LogP contribution is -2.43. The molecule has 2 aliphatic rings. The number of benzene rings is 2. The number of hydrogen-bond acceptors (Lipinski definition) is 5. The standard InChI is InChI=1S/C26H30FN3O3/c1-3-33-26(32)20-12-14-29(15-13-20)17-25(31)30-24(21-6-4-5-7-22(21)27)16-23(28-30)19-10-8-18(2)9-11-19/h4-11,20,24H,3,12-17H2,1-2H3. The first-order valence-corrected chi connectivity index (χ1v) is 11.6. The lowest BCUT2D eigenvalue weighted by molar-refractivity contribution is -0.149. The monoisotopic (exact) mass is 451 g/mol. The zero-order valence-corrected chi connectivity index (χ0v) is 19.2. The van der Waals surface area contributed by atoms with Gasteiger partial charge in [-0.1, -0.05) is 48.0 Å². The maximum Gasteiger partial charge on any atom is 0.309 e. The summed E-state index contributed by atoms with van der Waals surface area (Å²) in [7, 11) is 0. The molecule has 1 unspecified atom stereocenters. The summed E-state index contributed by atoms with van der Waals surface area (Å²) in [4.78, 5) is 27.3. The number of hydrogen-bond donors (Lipinski definition) is 0. The molecule has 2 heterocycles. The van der Waals surface area contributed by atoms with Gasteiger partial charge in [-0.25, -0.2) is 9.40 Å². The van der Waals surface area contributed by atoms with Crippen molar-refractivity contribution in [2.24, 2.45) is 11.0 Å². The van der Waals surface area contributed by atoms with Crippen LogP contribution in [0.15, 0.2) is 53.6 Å². The molecular formula is C26H30FN3O3. The Kier molecular flexibility index (Phi) is 7.18. The molecule has 6 nitrogen and oxygen atoms in total. The van der Waals surface area contributed by atoms with Crippen LogP contribution in [-0.2, 0) is 14.3 Å². The van der Waals surface area contributed by atoms with E-state index in [1.54, 1.807) is 25.1 Å². The predicted molar refractivity (Wildman–Crippen MR) is 124 cm³/mol. The number of ether oxygens (including phenoxy) is 1. The Morgan fingerprint density at radius 3 is 2.45 bits per heavy atom. The van der Waals surface area contributed by atoms with Crippen molar-refractivity contribution in [2.45, 2.75) is 39.2 Å². The van der Waals surface area contributed by atoms with E-state index < -0.39 is 6.04 Å². The molecule has 2 aliphatic heterocycles. The van der Waals surface area contributed by atoms with Gasteiger partial charge < -0.3 is 4.74 Å². The summed E-state index contributed by atoms with van der Waals surface area (Å²) in [6.07, 6.45) is 1.79. The van der Waals surface area contributed by atoms with Crippen LogP contribution in [0.1, 0.15) is 48.9 Å². The molecule has 0 radical (unpaired) electrons. The summed E-state index contributed by atoms with van der Waals surface area (Å²) in [6.45, 7) is 5.67. The topological polar surface area (TPSA) is 62.2 Å². The van der Waals surface area contributed by atoms with E-state index in [0.717, 1.165) is 16.8 Å². The maximum absolute atomic E-state index is 14.7. The summed E-state index contributed by atoms with van der Waals surface area (Å²) < 4.78 is 19.8. The van der Waals surface area contributed by atoms with Crippen LogP contribution in [0.5, 0.6) is 0 Å². The average Bonchev–Trinajstić information content (AvgIpc) is 3.26. The van der Waals surface area contributed by atoms with Crippen molar-refractivity contribution in [1.29, 1.82) is 0 Å². The number of piperidine rings is 1. The number of rotatable bonds is 6. The minimum absolute atomic E-state index is 0.111. The second kappa shape index (κ2) is 10.3. The van der Waals surface area contributed by atoms with Gasteiger partial charge in [-0.3, -0.25) is 14.5 Å². The fourth-order valence-electron chi connectivity index (χ4n) is 4.50. The minimum atomic E-state index is -0.480. The number of nitrogens with zero attached hydrogens (tertiary/aromatic N) is 3. The zero-order chi connectivity index (χ0) is 23.4. The number of amides is 1. The van der Waals surface area contributed by atoms with Gasteiger partial charge in [0.05, 0.1) is 30.8 Å². The average molecular weight is 452 g/mol. The maximum atomic E-state index is 14.7. The summed E-state index contributed by atoms with van der Waals surface area (Å²) in [5, 5.41) is 6.10. The van der Waals surface area contributed by atoms with Gasteiger partial charge in [0, 0.05) is 12.0 Å². The lowest BCUT2D eigenvalue weighted by Gasteiger charge is -2.32. The van der Waals surface area contributed by atoms with Crippen LogP contribution in [0.4, 0.5) is 4.39 Å². The van der Waals surface area contributed by atoms with E-state index in [2.05, 4.69) is 5.10 Å². The van der Waals surface area contributed by atoms with Gasteiger partial charge in [-0.15, -0.1) is 0 Å². The van der Waals surface area contributed by atoms with E-state index in [1.807, 2.05) is 36.1 Å². The third kappa shape index (κ3) is 5.30. The van der Waals surface area contributed by atoms with Crippen molar-refractivity contribution < 1.29 is 18.7 Å². The highest BCUT2D eigenvalue weighted by atomic mass is 19.1. The third-order valence-electron chi connectivity index (χ3n) is 6.38. The molecule has 0 aliphatic carbocycles. The lowest BCUT2D eigenvalue weighted by atomic mass is 9.96. The van der Waals surface area contributed by atoms with Crippen molar-refractivity contribution in [1.82, 2.24) is 9.91 Å². The molecule has 2 aromatic rings. The first-order chi connectivity index (χ1) is 16.0. The van der Waals surface area contributed by atoms with Crippen LogP contribution < -0.4 is 0 Å². The fraction of sp³-hybridized carbons (Fsp3) is 0.423. The largest absolute Gasteiger partial charge is 0.466 e. The molecule has 1 saturated heterocycles. The van der Waals surface area contributed by atoms with Gasteiger partial charge >= 0.3 is 5.97 Å². The molecule has 4 rings (SSSR count). The normalized spacial score (nSPS) is 19.4. The van der Waals surface area contributed by atoms with Crippen LogP contribution in [0.2, 0.25) is 0 Å². The molecule has 33 heavy (non-hydrogen) atoms. The molecule has 0 aromatic heterocycles. The number of aryl methyl sites for hydroxylation is 1. The highest BCUT2D eigenvalue weighted by Gasteiger charge is 2.36. The van der Waals surface area contributed by atoms with Gasteiger partial charge in [0.25, 0.3) is 5.91 Å². The molecule has 7 heteroatoms. The number of hydrazone groups is 1. The Bertz CT molecular complexity index is 1030. The summed E-state index contributed by atoms with van der Waals surface area (Å²) in [6, 6.07) is 14.1. The van der Waals surface area contributed by atoms with E-state index in [-0.39, 0.29) is 30.2 Å². The minimum Gasteiger partial charge on any atom is -0.466 e. The van der Waals surface area contributed by atoms with Gasteiger partial charge in [0.1, 0.15) is 5.82 Å². The number of carbonyl (C=O) groups is 2. The molecule has 174 valence electrons. The van der Waals surface area contributed by atoms with E-state index in [0.29, 0.717) is 44.5 Å². The van der Waals surface area contributed by atoms with E-state index in [9.17, 15) is 14.0 Å². The molecule has 1 amide bonds. The summed E-state index contributed by atoms with van der Waals surface area (Å²) in [5.74, 6) is -0.772. The molecule has 0 spiro atoms. The smallest absolute Gasteiger partial charge is 0.309 e. The van der Waals surface area contributed by atoms with Gasteiger partial charge in [0.2, 0.25) is 0 Å². The van der Waals surface area contributed by atoms with E-state index >= 15 is 0 Å². The summed E-state index contributed by atoms with van der Waals surface area (Å²) in [5.41, 5.74) is 3.32. The Hall–Kier alpha value is -3.06. The number of likely N-dealkylation sites (tertiary alicyclic amines) is 1. The van der Waals surface area contributed by atoms with Crippen LogP contribution in [0.3, 0.4) is 0 Å². The molecular weight excluding hydrogens is 421 g/mol. The molecule has 0 bridgehead atoms. The molecule has 2 aromatic carbocycles. The van der Waals surface area contributed by atoms with Crippen molar-refractivity contribution >= 4 is 17.6 Å². The van der Waals surface area contributed by atoms with Crippen molar-refractivity contribution in [3.8, 4) is 0 Å². The second-order valence-corrected chi connectivity index (χ2v) is 8.69.